The molecule has 0 spiro atoms. The van der Waals surface area contributed by atoms with Gasteiger partial charge >= 0.3 is 0 Å². The molecule has 1 nitrogen and oxygen atoms in total. The third kappa shape index (κ3) is 4.58. The molecule has 0 fully saturated rings. The maximum atomic E-state index is 13.0. The lowest BCUT2D eigenvalue weighted by atomic mass is 10.1. The highest BCUT2D eigenvalue weighted by molar-refractivity contribution is 5.50. The normalized spacial score (nSPS) is 11.2. The Labute approximate surface area is 96.6 Å². The molecule has 0 saturated heterocycles. The van der Waals surface area contributed by atoms with Crippen LogP contribution in [0.4, 0.5) is 4.39 Å². The van der Waals surface area contributed by atoms with Gasteiger partial charge in [-0.2, -0.15) is 0 Å². The van der Waals surface area contributed by atoms with Crippen LogP contribution >= 0.6 is 0 Å². The lowest BCUT2D eigenvalue weighted by Gasteiger charge is -1.98. The lowest BCUT2D eigenvalue weighted by Crippen LogP contribution is -1.83. The maximum absolute atomic E-state index is 13.0. The van der Waals surface area contributed by atoms with Gasteiger partial charge in [-0.05, 0) is 49.4 Å². The molecule has 0 saturated carbocycles. The smallest absolute Gasteiger partial charge is 0.126 e. The van der Waals surface area contributed by atoms with Crippen molar-refractivity contribution in [3.8, 4) is 0 Å². The number of rotatable bonds is 6. The predicted octanol–water partition coefficient (Wildman–Crippen LogP) is 3.70. The Balaban J connectivity index is 2.35. The number of unbranched alkanes of at least 4 members (excludes halogenated alkanes) is 3. The van der Waals surface area contributed by atoms with Gasteiger partial charge < -0.3 is 5.11 Å². The molecule has 0 aliphatic heterocycles. The topological polar surface area (TPSA) is 20.2 Å². The van der Waals surface area contributed by atoms with Crippen molar-refractivity contribution in [2.24, 2.45) is 0 Å². The highest BCUT2D eigenvalue weighted by Gasteiger charge is 1.95. The predicted molar refractivity (Wildman–Crippen MR) is 65.7 cm³/mol. The fourth-order valence-corrected chi connectivity index (χ4v) is 1.54. The van der Waals surface area contributed by atoms with Crippen molar-refractivity contribution in [3.05, 3.63) is 41.2 Å². The van der Waals surface area contributed by atoms with E-state index < -0.39 is 0 Å². The average Bonchev–Trinajstić information content (AvgIpc) is 2.28. The van der Waals surface area contributed by atoms with E-state index in [1.807, 2.05) is 12.1 Å². The van der Waals surface area contributed by atoms with Crippen LogP contribution in [0.1, 0.15) is 36.8 Å². The summed E-state index contributed by atoms with van der Waals surface area (Å²) in [6.45, 7) is 2.05. The van der Waals surface area contributed by atoms with Gasteiger partial charge in [-0.25, -0.2) is 4.39 Å². The molecule has 0 aliphatic rings. The Morgan fingerprint density at radius 2 is 2.06 bits per heavy atom. The summed E-state index contributed by atoms with van der Waals surface area (Å²) >= 11 is 0. The van der Waals surface area contributed by atoms with E-state index in [1.165, 1.54) is 6.07 Å². The zero-order valence-corrected chi connectivity index (χ0v) is 9.75. The van der Waals surface area contributed by atoms with Crippen molar-refractivity contribution in [1.29, 1.82) is 0 Å². The number of aliphatic hydroxyl groups excluding tert-OH is 1. The molecule has 1 rings (SSSR count). The van der Waals surface area contributed by atoms with Gasteiger partial charge in [0.05, 0.1) is 0 Å². The van der Waals surface area contributed by atoms with Gasteiger partial charge in [-0.1, -0.05) is 24.6 Å². The number of allylic oxidation sites excluding steroid dienone is 1. The van der Waals surface area contributed by atoms with E-state index in [2.05, 4.69) is 6.08 Å². The molecule has 0 amide bonds. The monoisotopic (exact) mass is 222 g/mol. The van der Waals surface area contributed by atoms with Crippen molar-refractivity contribution in [1.82, 2.24) is 0 Å². The fraction of sp³-hybridized carbons (Fsp3) is 0.429. The van der Waals surface area contributed by atoms with Crippen LogP contribution in [0.3, 0.4) is 0 Å². The van der Waals surface area contributed by atoms with Crippen LogP contribution in [0.5, 0.6) is 0 Å². The number of aryl methyl sites for hydroxylation is 1. The lowest BCUT2D eigenvalue weighted by molar-refractivity contribution is 0.283. The van der Waals surface area contributed by atoms with E-state index in [1.54, 1.807) is 13.0 Å². The van der Waals surface area contributed by atoms with Crippen LogP contribution in [-0.4, -0.2) is 11.7 Å². The molecule has 0 radical (unpaired) electrons. The Morgan fingerprint density at radius 3 is 2.75 bits per heavy atom. The molecule has 0 aromatic heterocycles. The first-order valence-electron chi connectivity index (χ1n) is 5.77. The third-order valence-electron chi connectivity index (χ3n) is 2.52. The van der Waals surface area contributed by atoms with Gasteiger partial charge in [0, 0.05) is 6.61 Å². The molecule has 2 heteroatoms. The summed E-state index contributed by atoms with van der Waals surface area (Å²) in [5.74, 6) is -0.153. The summed E-state index contributed by atoms with van der Waals surface area (Å²) in [6.07, 6.45) is 8.16. The van der Waals surface area contributed by atoms with Crippen molar-refractivity contribution < 1.29 is 9.50 Å². The quantitative estimate of drug-likeness (QED) is 0.728. The first-order valence-corrected chi connectivity index (χ1v) is 5.77. The van der Waals surface area contributed by atoms with Crippen molar-refractivity contribution in [2.45, 2.75) is 32.6 Å². The van der Waals surface area contributed by atoms with Gasteiger partial charge in [0.25, 0.3) is 0 Å². The zero-order valence-electron chi connectivity index (χ0n) is 9.75. The van der Waals surface area contributed by atoms with Crippen LogP contribution in [0.25, 0.3) is 6.08 Å². The molecule has 0 unspecified atom stereocenters. The van der Waals surface area contributed by atoms with Crippen LogP contribution in [-0.2, 0) is 0 Å². The Hall–Kier alpha value is -1.15. The third-order valence-corrected chi connectivity index (χ3v) is 2.52. The SMILES string of the molecule is Cc1cc(C=CCCCCCO)ccc1F. The zero-order chi connectivity index (χ0) is 11.8. The van der Waals surface area contributed by atoms with Crippen LogP contribution in [0.15, 0.2) is 24.3 Å². The molecule has 0 bridgehead atoms. The fourth-order valence-electron chi connectivity index (χ4n) is 1.54. The molecular weight excluding hydrogens is 203 g/mol. The number of hydrogen-bond donors (Lipinski definition) is 1. The minimum absolute atomic E-state index is 0.153. The Kier molecular flexibility index (Phi) is 5.79. The molecule has 1 aromatic carbocycles. The van der Waals surface area contributed by atoms with E-state index in [4.69, 9.17) is 5.11 Å². The van der Waals surface area contributed by atoms with Crippen LogP contribution in [0, 0.1) is 12.7 Å². The minimum atomic E-state index is -0.153. The van der Waals surface area contributed by atoms with Crippen molar-refractivity contribution >= 4 is 6.08 Å². The molecule has 0 atom stereocenters. The Bertz CT molecular complexity index is 345. The van der Waals surface area contributed by atoms with E-state index >= 15 is 0 Å². The highest BCUT2D eigenvalue weighted by Crippen LogP contribution is 2.11. The molecule has 16 heavy (non-hydrogen) atoms. The molecular formula is C14H19FO. The summed E-state index contributed by atoms with van der Waals surface area (Å²) in [7, 11) is 0. The van der Waals surface area contributed by atoms with Gasteiger partial charge in [-0.15, -0.1) is 0 Å². The molecule has 0 heterocycles. The summed E-state index contributed by atoms with van der Waals surface area (Å²) in [5, 5.41) is 8.60. The number of halogens is 1. The summed E-state index contributed by atoms with van der Waals surface area (Å²) < 4.78 is 13.0. The largest absolute Gasteiger partial charge is 0.396 e. The second-order valence-corrected chi connectivity index (χ2v) is 3.98. The van der Waals surface area contributed by atoms with E-state index in [9.17, 15) is 4.39 Å². The number of benzene rings is 1. The van der Waals surface area contributed by atoms with Crippen LogP contribution in [0.2, 0.25) is 0 Å². The van der Waals surface area contributed by atoms with Gasteiger partial charge in [0.2, 0.25) is 0 Å². The average molecular weight is 222 g/mol. The summed E-state index contributed by atoms with van der Waals surface area (Å²) in [6, 6.07) is 5.13. The van der Waals surface area contributed by atoms with Gasteiger partial charge in [0.15, 0.2) is 0 Å². The van der Waals surface area contributed by atoms with E-state index in [-0.39, 0.29) is 12.4 Å². The first kappa shape index (κ1) is 12.9. The second-order valence-electron chi connectivity index (χ2n) is 3.98. The van der Waals surface area contributed by atoms with Gasteiger partial charge in [0.1, 0.15) is 5.82 Å². The van der Waals surface area contributed by atoms with Crippen molar-refractivity contribution in [3.63, 3.8) is 0 Å². The molecule has 1 N–H and O–H groups in total. The highest BCUT2D eigenvalue weighted by atomic mass is 19.1. The standard InChI is InChI=1S/C14H19FO/c1-12-11-13(8-9-14(12)15)7-5-3-2-4-6-10-16/h5,7-9,11,16H,2-4,6,10H2,1H3. The summed E-state index contributed by atoms with van der Waals surface area (Å²) in [5.41, 5.74) is 1.73. The first-order chi connectivity index (χ1) is 7.74. The molecule has 0 aliphatic carbocycles. The van der Waals surface area contributed by atoms with Crippen LogP contribution < -0.4 is 0 Å². The Morgan fingerprint density at radius 1 is 1.25 bits per heavy atom. The van der Waals surface area contributed by atoms with E-state index in [0.717, 1.165) is 31.2 Å². The van der Waals surface area contributed by atoms with Crippen molar-refractivity contribution in [2.75, 3.05) is 6.61 Å². The molecule has 88 valence electrons. The number of hydrogen-bond acceptors (Lipinski definition) is 1. The van der Waals surface area contributed by atoms with E-state index in [0.29, 0.717) is 5.56 Å². The van der Waals surface area contributed by atoms with Gasteiger partial charge in [-0.3, -0.25) is 0 Å². The minimum Gasteiger partial charge on any atom is -0.396 e. The second kappa shape index (κ2) is 7.18. The number of aliphatic hydroxyl groups is 1. The maximum Gasteiger partial charge on any atom is 0.126 e. The molecule has 1 aromatic rings. The summed E-state index contributed by atoms with van der Waals surface area (Å²) in [4.78, 5) is 0.